The minimum absolute atomic E-state index is 0.235. The molecule has 0 spiro atoms. The van der Waals surface area contributed by atoms with Crippen molar-refractivity contribution >= 4 is 5.97 Å². The average Bonchev–Trinajstić information content (AvgIpc) is 2.45. The molecule has 0 saturated carbocycles. The van der Waals surface area contributed by atoms with Crippen LogP contribution in [0.4, 0.5) is 0 Å². The molecule has 0 N–H and O–H groups in total. The fraction of sp³-hybridized carbons (Fsp3) is 0.550. The Hall–Kier alpha value is -1.57. The van der Waals surface area contributed by atoms with Gasteiger partial charge in [0, 0.05) is 5.57 Å². The van der Waals surface area contributed by atoms with E-state index in [0.29, 0.717) is 12.2 Å². The predicted molar refractivity (Wildman–Crippen MR) is 95.8 cm³/mol. The van der Waals surface area contributed by atoms with Crippen molar-refractivity contribution in [2.45, 2.75) is 67.2 Å². The zero-order chi connectivity index (χ0) is 17.0. The molecule has 124 valence electrons. The zero-order valence-electron chi connectivity index (χ0n) is 15.2. The second kappa shape index (κ2) is 12.0. The van der Waals surface area contributed by atoms with Gasteiger partial charge in [0.2, 0.25) is 0 Å². The fourth-order valence-corrected chi connectivity index (χ4v) is 1.83. The number of carbonyl (C=O) groups is 1. The van der Waals surface area contributed by atoms with Gasteiger partial charge in [-0.3, -0.25) is 0 Å². The van der Waals surface area contributed by atoms with Gasteiger partial charge in [0.25, 0.3) is 0 Å². The van der Waals surface area contributed by atoms with Gasteiger partial charge in [-0.15, -0.1) is 0 Å². The van der Waals surface area contributed by atoms with Crippen molar-refractivity contribution in [1.82, 2.24) is 0 Å². The first-order valence-corrected chi connectivity index (χ1v) is 8.11. The number of hydrogen-bond donors (Lipinski definition) is 0. The summed E-state index contributed by atoms with van der Waals surface area (Å²) in [6.07, 6.45) is 12.7. The van der Waals surface area contributed by atoms with Crippen molar-refractivity contribution in [3.63, 3.8) is 0 Å². The Morgan fingerprint density at radius 3 is 1.95 bits per heavy atom. The summed E-state index contributed by atoms with van der Waals surface area (Å²) >= 11 is 0. The fourth-order valence-electron chi connectivity index (χ4n) is 1.83. The molecule has 0 amide bonds. The minimum atomic E-state index is -0.235. The zero-order valence-corrected chi connectivity index (χ0v) is 15.2. The second-order valence-electron chi connectivity index (χ2n) is 6.03. The summed E-state index contributed by atoms with van der Waals surface area (Å²) in [6.45, 7) is 12.5. The molecule has 0 aliphatic carbocycles. The first kappa shape index (κ1) is 20.4. The molecule has 0 unspecified atom stereocenters. The van der Waals surface area contributed by atoms with Crippen LogP contribution in [0, 0.1) is 0 Å². The molecule has 0 fully saturated rings. The predicted octanol–water partition coefficient (Wildman–Crippen LogP) is 5.92. The number of rotatable bonds is 9. The summed E-state index contributed by atoms with van der Waals surface area (Å²) in [5.41, 5.74) is 4.75. The van der Waals surface area contributed by atoms with Crippen LogP contribution in [0.25, 0.3) is 0 Å². The molecule has 22 heavy (non-hydrogen) atoms. The monoisotopic (exact) mass is 304 g/mol. The average molecular weight is 304 g/mol. The number of carbonyl (C=O) groups excluding carboxylic acids is 1. The summed E-state index contributed by atoms with van der Waals surface area (Å²) < 4.78 is 5.16. The van der Waals surface area contributed by atoms with Crippen LogP contribution in [-0.2, 0) is 9.53 Å². The SMILES string of the molecule is CC=C(C)C(=O)OCC=C(C)CCC=C(C)CCC=C(C)C. The molecule has 0 aliphatic rings. The first-order valence-electron chi connectivity index (χ1n) is 8.11. The summed E-state index contributed by atoms with van der Waals surface area (Å²) in [7, 11) is 0. The first-order chi connectivity index (χ1) is 10.4. The summed E-state index contributed by atoms with van der Waals surface area (Å²) in [5.74, 6) is -0.235. The van der Waals surface area contributed by atoms with E-state index in [1.807, 2.05) is 13.0 Å². The van der Waals surface area contributed by atoms with Crippen LogP contribution in [0.1, 0.15) is 67.2 Å². The smallest absolute Gasteiger partial charge is 0.333 e. The number of esters is 1. The van der Waals surface area contributed by atoms with Gasteiger partial charge < -0.3 is 4.74 Å². The van der Waals surface area contributed by atoms with Gasteiger partial charge >= 0.3 is 5.97 Å². The molecule has 2 nitrogen and oxygen atoms in total. The van der Waals surface area contributed by atoms with Gasteiger partial charge in [-0.25, -0.2) is 4.79 Å². The van der Waals surface area contributed by atoms with Crippen molar-refractivity contribution in [3.8, 4) is 0 Å². The topological polar surface area (TPSA) is 26.3 Å². The highest BCUT2D eigenvalue weighted by molar-refractivity contribution is 5.87. The molecule has 0 bridgehead atoms. The Balaban J connectivity index is 4.02. The lowest BCUT2D eigenvalue weighted by molar-refractivity contribution is -0.137. The third-order valence-electron chi connectivity index (χ3n) is 3.52. The van der Waals surface area contributed by atoms with Crippen LogP contribution in [0.15, 0.2) is 46.6 Å². The summed E-state index contributed by atoms with van der Waals surface area (Å²) in [6, 6.07) is 0. The summed E-state index contributed by atoms with van der Waals surface area (Å²) in [5, 5.41) is 0. The largest absolute Gasteiger partial charge is 0.458 e. The highest BCUT2D eigenvalue weighted by Crippen LogP contribution is 2.11. The second-order valence-corrected chi connectivity index (χ2v) is 6.03. The van der Waals surface area contributed by atoms with Crippen molar-refractivity contribution in [3.05, 3.63) is 46.6 Å². The lowest BCUT2D eigenvalue weighted by Crippen LogP contribution is -2.05. The maximum atomic E-state index is 11.5. The van der Waals surface area contributed by atoms with E-state index >= 15 is 0 Å². The number of allylic oxidation sites excluding steroid dienone is 6. The van der Waals surface area contributed by atoms with Gasteiger partial charge in [-0.05, 0) is 73.3 Å². The maximum absolute atomic E-state index is 11.5. The Morgan fingerprint density at radius 1 is 0.864 bits per heavy atom. The number of ether oxygens (including phenoxy) is 1. The molecule has 0 aromatic rings. The highest BCUT2D eigenvalue weighted by atomic mass is 16.5. The van der Waals surface area contributed by atoms with Gasteiger partial charge in [-0.1, -0.05) is 34.9 Å². The van der Waals surface area contributed by atoms with E-state index in [1.165, 1.54) is 16.7 Å². The van der Waals surface area contributed by atoms with Gasteiger partial charge in [0.15, 0.2) is 0 Å². The van der Waals surface area contributed by atoms with Gasteiger partial charge in [0.1, 0.15) is 6.61 Å². The lowest BCUT2D eigenvalue weighted by Gasteiger charge is -2.03. The number of hydrogen-bond acceptors (Lipinski definition) is 2. The Kier molecular flexibility index (Phi) is 11.2. The Bertz CT molecular complexity index is 458. The molecular weight excluding hydrogens is 272 g/mol. The van der Waals surface area contributed by atoms with E-state index in [2.05, 4.69) is 39.8 Å². The van der Waals surface area contributed by atoms with E-state index in [1.54, 1.807) is 13.0 Å². The van der Waals surface area contributed by atoms with E-state index in [0.717, 1.165) is 25.7 Å². The van der Waals surface area contributed by atoms with Crippen molar-refractivity contribution in [2.24, 2.45) is 0 Å². The molecule has 0 saturated heterocycles. The maximum Gasteiger partial charge on any atom is 0.333 e. The van der Waals surface area contributed by atoms with E-state index < -0.39 is 0 Å². The van der Waals surface area contributed by atoms with Crippen LogP contribution >= 0.6 is 0 Å². The standard InChI is InChI=1S/C20H32O2/c1-7-19(6)20(21)22-15-14-18(5)13-9-12-17(4)11-8-10-16(2)3/h7,10,12,14H,8-9,11,13,15H2,1-6H3. The highest BCUT2D eigenvalue weighted by Gasteiger charge is 2.02. The van der Waals surface area contributed by atoms with Crippen molar-refractivity contribution in [1.29, 1.82) is 0 Å². The van der Waals surface area contributed by atoms with E-state index in [-0.39, 0.29) is 5.97 Å². The van der Waals surface area contributed by atoms with Crippen LogP contribution in [0.2, 0.25) is 0 Å². The molecule has 0 aliphatic heterocycles. The molecule has 0 atom stereocenters. The molecular formula is C20H32O2. The van der Waals surface area contributed by atoms with Crippen LogP contribution in [-0.4, -0.2) is 12.6 Å². The molecule has 0 aromatic carbocycles. The van der Waals surface area contributed by atoms with Gasteiger partial charge in [0.05, 0.1) is 0 Å². The van der Waals surface area contributed by atoms with Crippen molar-refractivity contribution < 1.29 is 9.53 Å². The minimum Gasteiger partial charge on any atom is -0.458 e. The Labute approximate surface area is 136 Å². The Morgan fingerprint density at radius 2 is 1.41 bits per heavy atom. The van der Waals surface area contributed by atoms with Crippen LogP contribution < -0.4 is 0 Å². The lowest BCUT2D eigenvalue weighted by atomic mass is 10.1. The molecule has 0 heterocycles. The van der Waals surface area contributed by atoms with Crippen LogP contribution in [0.3, 0.4) is 0 Å². The normalized spacial score (nSPS) is 13.1. The molecule has 0 aromatic heterocycles. The molecule has 0 rings (SSSR count). The molecule has 0 radical (unpaired) electrons. The van der Waals surface area contributed by atoms with E-state index in [9.17, 15) is 4.79 Å². The van der Waals surface area contributed by atoms with E-state index in [4.69, 9.17) is 4.74 Å². The van der Waals surface area contributed by atoms with Crippen molar-refractivity contribution in [2.75, 3.05) is 6.61 Å². The van der Waals surface area contributed by atoms with Crippen LogP contribution in [0.5, 0.6) is 0 Å². The van der Waals surface area contributed by atoms with Gasteiger partial charge in [-0.2, -0.15) is 0 Å². The third-order valence-corrected chi connectivity index (χ3v) is 3.52. The summed E-state index contributed by atoms with van der Waals surface area (Å²) in [4.78, 5) is 11.5. The third kappa shape index (κ3) is 11.1. The quantitative estimate of drug-likeness (QED) is 0.300. The molecule has 2 heteroatoms.